The number of hydrogen-bond donors (Lipinski definition) is 0. The molecule has 1 heterocycles. The molecule has 2 aromatic rings. The number of alkyl halides is 6. The second kappa shape index (κ2) is 13.9. The number of carbonyl (C=O) groups is 2. The van der Waals surface area contributed by atoms with Gasteiger partial charge < -0.3 is 18.9 Å². The molecule has 0 saturated carbocycles. The lowest BCUT2D eigenvalue weighted by Crippen LogP contribution is -2.50. The molecule has 238 valence electrons. The summed E-state index contributed by atoms with van der Waals surface area (Å²) in [6.45, 7) is 2.45. The zero-order valence-corrected chi connectivity index (χ0v) is 24.9. The summed E-state index contributed by atoms with van der Waals surface area (Å²) in [6.07, 6.45) is -9.93. The highest BCUT2D eigenvalue weighted by Crippen LogP contribution is 2.47. The summed E-state index contributed by atoms with van der Waals surface area (Å²) in [5, 5.41) is 0. The van der Waals surface area contributed by atoms with Crippen LogP contribution in [0.5, 0.6) is 11.5 Å². The van der Waals surface area contributed by atoms with Crippen LogP contribution < -0.4 is 14.4 Å². The minimum absolute atomic E-state index is 0.0248. The van der Waals surface area contributed by atoms with Crippen molar-refractivity contribution in [3.05, 3.63) is 52.6 Å². The van der Waals surface area contributed by atoms with Gasteiger partial charge in [0.15, 0.2) is 11.5 Å². The number of fused-ring (bicyclic) bond motifs is 1. The molecule has 2 aromatic carbocycles. The molecule has 15 heteroatoms. The van der Waals surface area contributed by atoms with Gasteiger partial charge >= 0.3 is 24.5 Å². The molecule has 0 fully saturated rings. The van der Waals surface area contributed by atoms with Crippen LogP contribution in [0.4, 0.5) is 41.6 Å². The minimum atomic E-state index is -5.07. The molecule has 0 N–H and O–H groups in total. The molecule has 0 radical (unpaired) electrons. The average Bonchev–Trinajstić information content (AvgIpc) is 2.94. The van der Waals surface area contributed by atoms with Crippen molar-refractivity contribution in [1.29, 1.82) is 0 Å². The Morgan fingerprint density at radius 1 is 0.907 bits per heavy atom. The van der Waals surface area contributed by atoms with Crippen molar-refractivity contribution in [3.63, 3.8) is 0 Å². The van der Waals surface area contributed by atoms with Crippen LogP contribution in [0.15, 0.2) is 30.3 Å². The topological polar surface area (TPSA) is 77.5 Å². The van der Waals surface area contributed by atoms with Gasteiger partial charge in [-0.05, 0) is 56.4 Å². The largest absolute Gasteiger partial charge is 0.493 e. The first-order chi connectivity index (χ1) is 20.2. The fraction of sp³-hybridized carbons (Fsp3) is 0.500. The summed E-state index contributed by atoms with van der Waals surface area (Å²) in [4.78, 5) is 29.0. The number of thioether (sulfide) groups is 1. The van der Waals surface area contributed by atoms with Crippen LogP contribution in [0.25, 0.3) is 0 Å². The van der Waals surface area contributed by atoms with Crippen molar-refractivity contribution in [2.75, 3.05) is 44.3 Å². The molecule has 1 aliphatic heterocycles. The summed E-state index contributed by atoms with van der Waals surface area (Å²) in [5.74, 6) is 0.830. The number of carbonyl (C=O) groups excluding carboxylic acids is 2. The number of halogens is 6. The molecule has 0 saturated heterocycles. The third-order valence-electron chi connectivity index (χ3n) is 6.71. The van der Waals surface area contributed by atoms with Gasteiger partial charge in [0.05, 0.1) is 56.3 Å². The van der Waals surface area contributed by atoms with E-state index in [0.29, 0.717) is 23.4 Å². The maximum absolute atomic E-state index is 13.6. The molecular formula is C28H32F6N2O6S. The van der Waals surface area contributed by atoms with E-state index in [2.05, 4.69) is 0 Å². The van der Waals surface area contributed by atoms with Crippen LogP contribution in [0.2, 0.25) is 0 Å². The van der Waals surface area contributed by atoms with E-state index >= 15 is 0 Å². The Hall–Kier alpha value is -3.49. The SMILES string of the molecule is CCOC(=O)N(Cc1cc(C(F)(F)F)cc(C(F)(F)F)c1)[C@@H]1C[C@H](CSC)N(C(=O)OCC)c2cc(OC)c(OC)cc21. The number of benzene rings is 2. The van der Waals surface area contributed by atoms with E-state index in [1.807, 2.05) is 0 Å². The maximum Gasteiger partial charge on any atom is 0.416 e. The highest BCUT2D eigenvalue weighted by molar-refractivity contribution is 7.98. The zero-order valence-electron chi connectivity index (χ0n) is 24.1. The normalized spacial score (nSPS) is 16.8. The summed E-state index contributed by atoms with van der Waals surface area (Å²) >= 11 is 1.40. The lowest BCUT2D eigenvalue weighted by atomic mass is 9.89. The van der Waals surface area contributed by atoms with Gasteiger partial charge in [0, 0.05) is 23.9 Å². The third kappa shape index (κ3) is 7.73. The van der Waals surface area contributed by atoms with Gasteiger partial charge in [0.1, 0.15) is 0 Å². The van der Waals surface area contributed by atoms with Crippen LogP contribution in [0.1, 0.15) is 48.6 Å². The molecule has 0 spiro atoms. The molecule has 2 atom stereocenters. The van der Waals surface area contributed by atoms with Crippen molar-refractivity contribution in [3.8, 4) is 11.5 Å². The van der Waals surface area contributed by atoms with Gasteiger partial charge in [-0.2, -0.15) is 38.1 Å². The Morgan fingerprint density at radius 3 is 1.95 bits per heavy atom. The van der Waals surface area contributed by atoms with Crippen LogP contribution in [0, 0.1) is 0 Å². The summed E-state index contributed by atoms with van der Waals surface area (Å²) in [7, 11) is 2.75. The van der Waals surface area contributed by atoms with E-state index in [-0.39, 0.29) is 42.9 Å². The van der Waals surface area contributed by atoms with E-state index in [9.17, 15) is 35.9 Å². The van der Waals surface area contributed by atoms with Gasteiger partial charge in [0.2, 0.25) is 0 Å². The number of ether oxygens (including phenoxy) is 4. The number of rotatable bonds is 9. The second-order valence-electron chi connectivity index (χ2n) is 9.44. The zero-order chi connectivity index (χ0) is 32.1. The van der Waals surface area contributed by atoms with Gasteiger partial charge in [-0.1, -0.05) is 0 Å². The predicted molar refractivity (Wildman–Crippen MR) is 148 cm³/mol. The van der Waals surface area contributed by atoms with Crippen LogP contribution in [-0.4, -0.2) is 62.6 Å². The highest BCUT2D eigenvalue weighted by atomic mass is 32.2. The van der Waals surface area contributed by atoms with Gasteiger partial charge in [-0.25, -0.2) is 9.59 Å². The summed E-state index contributed by atoms with van der Waals surface area (Å²) < 4.78 is 103. The average molecular weight is 639 g/mol. The lowest BCUT2D eigenvalue weighted by Gasteiger charge is -2.43. The monoisotopic (exact) mass is 638 g/mol. The highest BCUT2D eigenvalue weighted by Gasteiger charge is 2.43. The van der Waals surface area contributed by atoms with E-state index in [0.717, 1.165) is 4.90 Å². The second-order valence-corrected chi connectivity index (χ2v) is 10.3. The van der Waals surface area contributed by atoms with Crippen molar-refractivity contribution >= 4 is 29.6 Å². The standard InChI is InChI=1S/C28H32F6N2O6S/c1-6-41-25(37)35(14-16-8-17(27(29,30)31)10-18(9-16)28(32,33)34)21-11-19(15-43-5)36(26(38)42-7-2)22-13-24(40-4)23(39-3)12-20(21)22/h8-10,12-13,19,21H,6-7,11,14-15H2,1-5H3/t19-,21-/m1/s1. The number of anilines is 1. The van der Waals surface area contributed by atoms with Gasteiger partial charge in [-0.3, -0.25) is 9.80 Å². The molecular weight excluding hydrogens is 606 g/mol. The smallest absolute Gasteiger partial charge is 0.416 e. The Bertz CT molecular complexity index is 1270. The first-order valence-electron chi connectivity index (χ1n) is 13.1. The summed E-state index contributed by atoms with van der Waals surface area (Å²) in [6, 6.07) is 2.65. The minimum Gasteiger partial charge on any atom is -0.493 e. The molecule has 8 nitrogen and oxygen atoms in total. The Labute approximate surface area is 249 Å². The van der Waals surface area contributed by atoms with Crippen molar-refractivity contribution < 1.29 is 54.9 Å². The van der Waals surface area contributed by atoms with Gasteiger partial charge in [-0.15, -0.1) is 0 Å². The summed E-state index contributed by atoms with van der Waals surface area (Å²) in [5.41, 5.74) is -2.82. The number of hydrogen-bond acceptors (Lipinski definition) is 7. The van der Waals surface area contributed by atoms with E-state index in [1.165, 1.54) is 49.9 Å². The fourth-order valence-corrected chi connectivity index (χ4v) is 5.60. The van der Waals surface area contributed by atoms with Crippen LogP contribution in [0.3, 0.4) is 0 Å². The molecule has 2 amide bonds. The molecule has 0 unspecified atom stereocenters. The quantitative estimate of drug-likeness (QED) is 0.263. The first-order valence-corrected chi connectivity index (χ1v) is 14.5. The predicted octanol–water partition coefficient (Wildman–Crippen LogP) is 7.54. The molecule has 1 aliphatic rings. The maximum atomic E-state index is 13.6. The lowest BCUT2D eigenvalue weighted by molar-refractivity contribution is -0.143. The van der Waals surface area contributed by atoms with Crippen molar-refractivity contribution in [1.82, 2.24) is 4.90 Å². The van der Waals surface area contributed by atoms with Crippen LogP contribution >= 0.6 is 11.8 Å². The fourth-order valence-electron chi connectivity index (χ4n) is 4.93. The molecule has 0 aromatic heterocycles. The number of nitrogens with zero attached hydrogens (tertiary/aromatic N) is 2. The van der Waals surface area contributed by atoms with Crippen molar-refractivity contribution in [2.45, 2.75) is 51.2 Å². The van der Waals surface area contributed by atoms with E-state index < -0.39 is 59.9 Å². The van der Waals surface area contributed by atoms with Crippen LogP contribution in [-0.2, 0) is 28.4 Å². The third-order valence-corrected chi connectivity index (χ3v) is 7.43. The van der Waals surface area contributed by atoms with E-state index in [1.54, 1.807) is 13.2 Å². The van der Waals surface area contributed by atoms with Gasteiger partial charge in [0.25, 0.3) is 0 Å². The van der Waals surface area contributed by atoms with E-state index in [4.69, 9.17) is 18.9 Å². The molecule has 3 rings (SSSR count). The number of methoxy groups -OCH3 is 2. The number of amides is 2. The molecule has 43 heavy (non-hydrogen) atoms. The van der Waals surface area contributed by atoms with Crippen molar-refractivity contribution in [2.24, 2.45) is 0 Å². The Balaban J connectivity index is 2.27. The molecule has 0 aliphatic carbocycles. The Morgan fingerprint density at radius 2 is 1.47 bits per heavy atom. The Kier molecular flexibility index (Phi) is 11.0. The first kappa shape index (κ1) is 34.0. The molecule has 0 bridgehead atoms.